The van der Waals surface area contributed by atoms with E-state index in [2.05, 4.69) is 25.3 Å². The summed E-state index contributed by atoms with van der Waals surface area (Å²) in [6.07, 6.45) is -4.60. The molecule has 0 saturated heterocycles. The Morgan fingerprint density at radius 1 is 1.16 bits per heavy atom. The summed E-state index contributed by atoms with van der Waals surface area (Å²) in [4.78, 5) is 18.9. The molecule has 0 amide bonds. The van der Waals surface area contributed by atoms with Gasteiger partial charge >= 0.3 is 12.1 Å². The number of alkyl halides is 3. The molecule has 9 heteroatoms. The van der Waals surface area contributed by atoms with Crippen molar-refractivity contribution in [3.8, 4) is 0 Å². The zero-order valence-electron chi connectivity index (χ0n) is 13.8. The Bertz CT molecular complexity index is 746. The van der Waals surface area contributed by atoms with Gasteiger partial charge in [-0.2, -0.15) is 18.2 Å². The second-order valence-electron chi connectivity index (χ2n) is 5.45. The summed E-state index contributed by atoms with van der Waals surface area (Å²) in [6, 6.07) is 6.75. The number of carbonyl (C=O) groups is 1. The van der Waals surface area contributed by atoms with E-state index < -0.39 is 17.8 Å². The zero-order valence-corrected chi connectivity index (χ0v) is 13.8. The van der Waals surface area contributed by atoms with Crippen molar-refractivity contribution in [3.63, 3.8) is 0 Å². The van der Waals surface area contributed by atoms with Crippen LogP contribution >= 0.6 is 0 Å². The molecule has 0 aliphatic rings. The van der Waals surface area contributed by atoms with E-state index in [1.165, 1.54) is 31.4 Å². The van der Waals surface area contributed by atoms with Crippen LogP contribution < -0.4 is 10.6 Å². The Kier molecular flexibility index (Phi) is 5.45. The molecule has 0 atom stereocenters. The number of hydrogen-bond donors (Lipinski definition) is 2. The summed E-state index contributed by atoms with van der Waals surface area (Å²) in [6.45, 7) is 3.53. The predicted octanol–water partition coefficient (Wildman–Crippen LogP) is 3.85. The van der Waals surface area contributed by atoms with Crippen LogP contribution in [0.2, 0.25) is 0 Å². The van der Waals surface area contributed by atoms with E-state index in [1.54, 1.807) is 13.8 Å². The molecule has 0 fully saturated rings. The Morgan fingerprint density at radius 2 is 1.80 bits per heavy atom. The van der Waals surface area contributed by atoms with Crippen LogP contribution in [0.25, 0.3) is 0 Å². The number of anilines is 3. The highest BCUT2D eigenvalue weighted by molar-refractivity contribution is 5.89. The van der Waals surface area contributed by atoms with Crippen molar-refractivity contribution in [2.75, 3.05) is 17.7 Å². The quantitative estimate of drug-likeness (QED) is 0.795. The minimum atomic E-state index is -4.60. The lowest BCUT2D eigenvalue weighted by molar-refractivity contribution is -0.141. The maximum absolute atomic E-state index is 13.0. The van der Waals surface area contributed by atoms with Gasteiger partial charge in [-0.05, 0) is 38.1 Å². The summed E-state index contributed by atoms with van der Waals surface area (Å²) >= 11 is 0. The standard InChI is InChI=1S/C16H17F3N4O2/c1-9(2)20-15-22-12(16(17,18)19)8-13(23-15)21-11-6-4-10(5-7-11)14(24)25-3/h4-9H,1-3H3,(H2,20,21,22,23). The van der Waals surface area contributed by atoms with Crippen LogP contribution in [-0.4, -0.2) is 29.1 Å². The van der Waals surface area contributed by atoms with E-state index in [4.69, 9.17) is 0 Å². The molecule has 0 unspecified atom stereocenters. The summed E-state index contributed by atoms with van der Waals surface area (Å²) < 4.78 is 43.6. The van der Waals surface area contributed by atoms with Gasteiger partial charge in [0.05, 0.1) is 12.7 Å². The molecule has 1 heterocycles. The molecule has 2 rings (SSSR count). The van der Waals surface area contributed by atoms with Gasteiger partial charge in [0.1, 0.15) is 5.82 Å². The maximum Gasteiger partial charge on any atom is 0.433 e. The Hall–Kier alpha value is -2.84. The fourth-order valence-corrected chi connectivity index (χ4v) is 1.93. The molecule has 0 bridgehead atoms. The molecule has 2 N–H and O–H groups in total. The second kappa shape index (κ2) is 7.37. The summed E-state index contributed by atoms with van der Waals surface area (Å²) in [7, 11) is 1.26. The van der Waals surface area contributed by atoms with Crippen LogP contribution in [-0.2, 0) is 10.9 Å². The van der Waals surface area contributed by atoms with Crippen molar-refractivity contribution in [1.82, 2.24) is 9.97 Å². The average Bonchev–Trinajstić information content (AvgIpc) is 2.53. The number of halogens is 3. The number of hydrogen-bond acceptors (Lipinski definition) is 6. The van der Waals surface area contributed by atoms with Gasteiger partial charge in [0.15, 0.2) is 5.69 Å². The third-order valence-electron chi connectivity index (χ3n) is 3.01. The first kappa shape index (κ1) is 18.5. The Balaban J connectivity index is 2.29. The van der Waals surface area contributed by atoms with E-state index in [0.717, 1.165) is 6.07 Å². The molecular formula is C16H17F3N4O2. The van der Waals surface area contributed by atoms with E-state index in [1.807, 2.05) is 0 Å². The Labute approximate surface area is 142 Å². The van der Waals surface area contributed by atoms with E-state index in [-0.39, 0.29) is 17.8 Å². The van der Waals surface area contributed by atoms with Gasteiger partial charge in [-0.15, -0.1) is 0 Å². The summed E-state index contributed by atoms with van der Waals surface area (Å²) in [5, 5.41) is 5.52. The number of carbonyl (C=O) groups excluding carboxylic acids is 1. The molecule has 0 spiro atoms. The van der Waals surface area contributed by atoms with Crippen LogP contribution in [0, 0.1) is 0 Å². The first-order valence-electron chi connectivity index (χ1n) is 7.37. The lowest BCUT2D eigenvalue weighted by Gasteiger charge is -2.14. The molecule has 0 saturated carbocycles. The highest BCUT2D eigenvalue weighted by atomic mass is 19.4. The predicted molar refractivity (Wildman–Crippen MR) is 86.9 cm³/mol. The first-order valence-corrected chi connectivity index (χ1v) is 7.37. The van der Waals surface area contributed by atoms with Gasteiger partial charge in [-0.1, -0.05) is 0 Å². The fourth-order valence-electron chi connectivity index (χ4n) is 1.93. The van der Waals surface area contributed by atoms with E-state index in [0.29, 0.717) is 11.3 Å². The number of esters is 1. The van der Waals surface area contributed by atoms with Crippen molar-refractivity contribution in [1.29, 1.82) is 0 Å². The molecule has 134 valence electrons. The molecular weight excluding hydrogens is 337 g/mol. The third kappa shape index (κ3) is 5.07. The summed E-state index contributed by atoms with van der Waals surface area (Å²) in [5.41, 5.74) is -0.261. The maximum atomic E-state index is 13.0. The topological polar surface area (TPSA) is 76.1 Å². The van der Waals surface area contributed by atoms with E-state index in [9.17, 15) is 18.0 Å². The first-order chi connectivity index (χ1) is 11.7. The number of ether oxygens (including phenoxy) is 1. The zero-order chi connectivity index (χ0) is 18.6. The van der Waals surface area contributed by atoms with Gasteiger partial charge in [-0.3, -0.25) is 0 Å². The minimum absolute atomic E-state index is 0.0173. The van der Waals surface area contributed by atoms with Gasteiger partial charge in [0.25, 0.3) is 0 Å². The molecule has 0 radical (unpaired) electrons. The summed E-state index contributed by atoms with van der Waals surface area (Å²) in [5.74, 6) is -0.647. The van der Waals surface area contributed by atoms with Crippen molar-refractivity contribution >= 4 is 23.4 Å². The van der Waals surface area contributed by atoms with Crippen LogP contribution in [0.1, 0.15) is 29.9 Å². The van der Waals surface area contributed by atoms with Crippen LogP contribution in [0.5, 0.6) is 0 Å². The lowest BCUT2D eigenvalue weighted by atomic mass is 10.2. The molecule has 0 aliphatic carbocycles. The van der Waals surface area contributed by atoms with Crippen molar-refractivity contribution in [3.05, 3.63) is 41.6 Å². The minimum Gasteiger partial charge on any atom is -0.465 e. The molecule has 25 heavy (non-hydrogen) atoms. The third-order valence-corrected chi connectivity index (χ3v) is 3.01. The lowest BCUT2D eigenvalue weighted by Crippen LogP contribution is -2.17. The highest BCUT2D eigenvalue weighted by Gasteiger charge is 2.33. The Morgan fingerprint density at radius 3 is 2.32 bits per heavy atom. The van der Waals surface area contributed by atoms with Gasteiger partial charge in [0.2, 0.25) is 5.95 Å². The van der Waals surface area contributed by atoms with Gasteiger partial charge < -0.3 is 15.4 Å². The molecule has 0 aliphatic heterocycles. The molecule has 1 aromatic heterocycles. The number of rotatable bonds is 5. The largest absolute Gasteiger partial charge is 0.465 e. The van der Waals surface area contributed by atoms with Crippen molar-refractivity contribution in [2.24, 2.45) is 0 Å². The SMILES string of the molecule is COC(=O)c1ccc(Nc2cc(C(F)(F)F)nc(NC(C)C)n2)cc1. The monoisotopic (exact) mass is 354 g/mol. The van der Waals surface area contributed by atoms with Crippen LogP contribution in [0.4, 0.5) is 30.6 Å². The highest BCUT2D eigenvalue weighted by Crippen LogP contribution is 2.30. The number of methoxy groups -OCH3 is 1. The van der Waals surface area contributed by atoms with Crippen LogP contribution in [0.15, 0.2) is 30.3 Å². The van der Waals surface area contributed by atoms with Gasteiger partial charge in [0, 0.05) is 17.8 Å². The van der Waals surface area contributed by atoms with E-state index >= 15 is 0 Å². The smallest absolute Gasteiger partial charge is 0.433 e. The van der Waals surface area contributed by atoms with Crippen LogP contribution in [0.3, 0.4) is 0 Å². The van der Waals surface area contributed by atoms with Crippen molar-refractivity contribution in [2.45, 2.75) is 26.1 Å². The number of aromatic nitrogens is 2. The number of benzene rings is 1. The normalized spacial score (nSPS) is 11.3. The molecule has 1 aromatic carbocycles. The number of nitrogens with one attached hydrogen (secondary N) is 2. The molecule has 6 nitrogen and oxygen atoms in total. The second-order valence-corrected chi connectivity index (χ2v) is 5.45. The fraction of sp³-hybridized carbons (Fsp3) is 0.312. The van der Waals surface area contributed by atoms with Crippen molar-refractivity contribution < 1.29 is 22.7 Å². The van der Waals surface area contributed by atoms with Gasteiger partial charge in [-0.25, -0.2) is 9.78 Å². The number of nitrogens with zero attached hydrogens (tertiary/aromatic N) is 2. The molecule has 2 aromatic rings. The average molecular weight is 354 g/mol.